The van der Waals surface area contributed by atoms with E-state index >= 15 is 0 Å². The Balaban J connectivity index is 2.71. The molecule has 0 bridgehead atoms. The molecule has 0 N–H and O–H groups in total. The van der Waals surface area contributed by atoms with Crippen LogP contribution in [0.1, 0.15) is 57.7 Å². The van der Waals surface area contributed by atoms with Crippen molar-refractivity contribution < 1.29 is 0 Å². The van der Waals surface area contributed by atoms with Gasteiger partial charge in [0.1, 0.15) is 5.17 Å². The maximum absolute atomic E-state index is 6.47. The number of nitrogens with zero attached hydrogens (tertiary/aromatic N) is 1. The molecule has 118 valence electrons. The minimum Gasteiger partial charge on any atom is -0.240 e. The van der Waals surface area contributed by atoms with Crippen LogP contribution in [0, 0.1) is 19.3 Å². The minimum atomic E-state index is -0.139. The second-order valence-electron chi connectivity index (χ2n) is 7.38. The predicted molar refractivity (Wildman–Crippen MR) is 99.3 cm³/mol. The SMILES string of the molecule is CC1=CCC(C)=C1c1cc(C)cc(C)c1N=C(Cl)C(C)(C)C. The van der Waals surface area contributed by atoms with Crippen molar-refractivity contribution >= 4 is 28.0 Å². The molecule has 0 spiro atoms. The fourth-order valence-electron chi connectivity index (χ4n) is 2.85. The van der Waals surface area contributed by atoms with E-state index in [2.05, 4.69) is 66.7 Å². The lowest BCUT2D eigenvalue weighted by molar-refractivity contribution is 0.601. The van der Waals surface area contributed by atoms with Gasteiger partial charge in [0, 0.05) is 11.0 Å². The van der Waals surface area contributed by atoms with E-state index in [0.717, 1.165) is 12.1 Å². The molecule has 2 heteroatoms. The maximum atomic E-state index is 6.47. The average Bonchev–Trinajstić information content (AvgIpc) is 2.70. The Labute approximate surface area is 139 Å². The Hall–Kier alpha value is -1.34. The summed E-state index contributed by atoms with van der Waals surface area (Å²) in [4.78, 5) is 4.81. The van der Waals surface area contributed by atoms with Crippen LogP contribution >= 0.6 is 11.6 Å². The highest BCUT2D eigenvalue weighted by Crippen LogP contribution is 2.41. The average molecular weight is 316 g/mol. The molecular formula is C20H26ClN. The lowest BCUT2D eigenvalue weighted by Gasteiger charge is -2.19. The highest BCUT2D eigenvalue weighted by Gasteiger charge is 2.21. The molecule has 0 atom stereocenters. The van der Waals surface area contributed by atoms with Gasteiger partial charge in [-0.15, -0.1) is 0 Å². The number of rotatable bonds is 2. The number of aliphatic imine (C=N–C) groups is 1. The van der Waals surface area contributed by atoms with Crippen LogP contribution in [0.15, 0.2) is 34.3 Å². The van der Waals surface area contributed by atoms with Crippen molar-refractivity contribution in [3.8, 4) is 0 Å². The Morgan fingerprint density at radius 3 is 2.23 bits per heavy atom. The molecule has 0 amide bonds. The van der Waals surface area contributed by atoms with Crippen LogP contribution in [-0.2, 0) is 0 Å². The van der Waals surface area contributed by atoms with Gasteiger partial charge in [0.2, 0.25) is 0 Å². The van der Waals surface area contributed by atoms with Crippen LogP contribution in [0.25, 0.3) is 5.57 Å². The summed E-state index contributed by atoms with van der Waals surface area (Å²) < 4.78 is 0. The molecule has 2 rings (SSSR count). The zero-order valence-electron chi connectivity index (χ0n) is 14.8. The summed E-state index contributed by atoms with van der Waals surface area (Å²) >= 11 is 6.47. The number of hydrogen-bond donors (Lipinski definition) is 0. The van der Waals surface area contributed by atoms with E-state index in [-0.39, 0.29) is 5.41 Å². The van der Waals surface area contributed by atoms with Crippen molar-refractivity contribution in [2.75, 3.05) is 0 Å². The van der Waals surface area contributed by atoms with E-state index in [4.69, 9.17) is 16.6 Å². The fourth-order valence-corrected chi connectivity index (χ4v) is 2.94. The second kappa shape index (κ2) is 6.04. The van der Waals surface area contributed by atoms with Crippen LogP contribution in [0.5, 0.6) is 0 Å². The Bertz CT molecular complexity index is 697. The van der Waals surface area contributed by atoms with Gasteiger partial charge in [-0.2, -0.15) is 0 Å². The second-order valence-corrected chi connectivity index (χ2v) is 7.74. The van der Waals surface area contributed by atoms with Crippen molar-refractivity contribution in [3.05, 3.63) is 46.0 Å². The minimum absolute atomic E-state index is 0.139. The van der Waals surface area contributed by atoms with Gasteiger partial charge >= 0.3 is 0 Å². The van der Waals surface area contributed by atoms with Gasteiger partial charge < -0.3 is 0 Å². The van der Waals surface area contributed by atoms with Gasteiger partial charge in [0.05, 0.1) is 5.69 Å². The number of benzene rings is 1. The van der Waals surface area contributed by atoms with E-state index in [1.807, 2.05) is 0 Å². The number of halogens is 1. The molecule has 1 nitrogen and oxygen atoms in total. The molecule has 1 aliphatic rings. The predicted octanol–water partition coefficient (Wildman–Crippen LogP) is 6.74. The number of hydrogen-bond acceptors (Lipinski definition) is 1. The first kappa shape index (κ1) is 17.0. The highest BCUT2D eigenvalue weighted by atomic mass is 35.5. The highest BCUT2D eigenvalue weighted by molar-refractivity contribution is 6.66. The molecule has 0 saturated heterocycles. The molecular weight excluding hydrogens is 290 g/mol. The van der Waals surface area contributed by atoms with Crippen LogP contribution in [0.3, 0.4) is 0 Å². The molecule has 0 radical (unpaired) electrons. The topological polar surface area (TPSA) is 12.4 Å². The Kier molecular flexibility index (Phi) is 4.67. The fraction of sp³-hybridized carbons (Fsp3) is 0.450. The summed E-state index contributed by atoms with van der Waals surface area (Å²) in [5.41, 5.74) is 8.61. The first-order valence-corrected chi connectivity index (χ1v) is 8.22. The zero-order chi connectivity index (χ0) is 16.7. The van der Waals surface area contributed by atoms with Crippen LogP contribution < -0.4 is 0 Å². The van der Waals surface area contributed by atoms with Crippen molar-refractivity contribution in [3.63, 3.8) is 0 Å². The van der Waals surface area contributed by atoms with E-state index in [9.17, 15) is 0 Å². The maximum Gasteiger partial charge on any atom is 0.112 e. The molecule has 1 aromatic carbocycles. The molecule has 1 aromatic rings. The summed E-state index contributed by atoms with van der Waals surface area (Å²) in [6.45, 7) is 14.9. The third-order valence-corrected chi connectivity index (χ3v) is 4.73. The van der Waals surface area contributed by atoms with Gasteiger partial charge in [-0.25, -0.2) is 4.99 Å². The lowest BCUT2D eigenvalue weighted by atomic mass is 9.93. The van der Waals surface area contributed by atoms with Gasteiger partial charge in [-0.05, 0) is 56.9 Å². The molecule has 1 aliphatic carbocycles. The van der Waals surface area contributed by atoms with E-state index in [0.29, 0.717) is 5.17 Å². The van der Waals surface area contributed by atoms with Gasteiger partial charge in [-0.3, -0.25) is 0 Å². The van der Waals surface area contributed by atoms with Crippen LogP contribution in [0.2, 0.25) is 0 Å². The Morgan fingerprint density at radius 2 is 1.73 bits per heavy atom. The monoisotopic (exact) mass is 315 g/mol. The third kappa shape index (κ3) is 3.35. The molecule has 0 unspecified atom stereocenters. The summed E-state index contributed by atoms with van der Waals surface area (Å²) in [5.74, 6) is 0. The van der Waals surface area contributed by atoms with Gasteiger partial charge in [0.15, 0.2) is 0 Å². The smallest absolute Gasteiger partial charge is 0.112 e. The van der Waals surface area contributed by atoms with Crippen molar-refractivity contribution in [1.82, 2.24) is 0 Å². The first-order valence-electron chi connectivity index (χ1n) is 7.84. The van der Waals surface area contributed by atoms with Crippen LogP contribution in [-0.4, -0.2) is 5.17 Å². The lowest BCUT2D eigenvalue weighted by Crippen LogP contribution is -2.14. The summed E-state index contributed by atoms with van der Waals surface area (Å²) in [6.07, 6.45) is 3.32. The largest absolute Gasteiger partial charge is 0.240 e. The zero-order valence-corrected chi connectivity index (χ0v) is 15.5. The van der Waals surface area contributed by atoms with Crippen LogP contribution in [0.4, 0.5) is 5.69 Å². The van der Waals surface area contributed by atoms with E-state index in [1.165, 1.54) is 33.4 Å². The summed E-state index contributed by atoms with van der Waals surface area (Å²) in [5, 5.41) is 0.651. The van der Waals surface area contributed by atoms with Crippen molar-refractivity contribution in [1.29, 1.82) is 0 Å². The van der Waals surface area contributed by atoms with Crippen molar-refractivity contribution in [2.24, 2.45) is 10.4 Å². The first-order chi connectivity index (χ1) is 10.1. The molecule has 0 saturated carbocycles. The van der Waals surface area contributed by atoms with E-state index in [1.54, 1.807) is 0 Å². The normalized spacial score (nSPS) is 16.4. The van der Waals surface area contributed by atoms with Crippen molar-refractivity contribution in [2.45, 2.75) is 54.9 Å². The molecule has 0 aliphatic heterocycles. The van der Waals surface area contributed by atoms with E-state index < -0.39 is 0 Å². The summed E-state index contributed by atoms with van der Waals surface area (Å²) in [7, 11) is 0. The van der Waals surface area contributed by atoms with Gasteiger partial charge in [0.25, 0.3) is 0 Å². The quantitative estimate of drug-likeness (QED) is 0.536. The molecule has 0 heterocycles. The van der Waals surface area contributed by atoms with Gasteiger partial charge in [-0.1, -0.05) is 55.7 Å². The third-order valence-electron chi connectivity index (χ3n) is 4.08. The summed E-state index contributed by atoms with van der Waals surface area (Å²) in [6, 6.07) is 4.42. The number of allylic oxidation sites excluding steroid dienone is 4. The number of aryl methyl sites for hydroxylation is 2. The molecule has 0 aromatic heterocycles. The Morgan fingerprint density at radius 1 is 1.09 bits per heavy atom. The molecule has 0 fully saturated rings. The standard InChI is InChI=1S/C20H26ClN/c1-12-10-15(4)18(22-19(21)20(5,6)7)16(11-12)17-13(2)8-9-14(17)3/h8,10-11H,9H2,1-7H3. The molecule has 22 heavy (non-hydrogen) atoms.